The second-order valence-corrected chi connectivity index (χ2v) is 5.12. The molecule has 126 valence electrons. The minimum Gasteiger partial charge on any atom is -0.452 e. The van der Waals surface area contributed by atoms with Crippen molar-refractivity contribution in [2.45, 2.75) is 6.54 Å². The molecule has 0 radical (unpaired) electrons. The largest absolute Gasteiger partial charge is 0.452 e. The van der Waals surface area contributed by atoms with E-state index in [0.717, 1.165) is 24.3 Å². The topological polar surface area (TPSA) is 55.4 Å². The number of carbonyl (C=O) groups is 2. The standard InChI is InChI=1S/C16H11ClF3NO3/c17-12-5-9(2-4-13(12)19)16(23)24-8-15(22)21-7-10-1-3-11(18)6-14(10)20/h1-6H,7-8H2,(H,21,22). The molecule has 0 spiro atoms. The zero-order chi connectivity index (χ0) is 17.7. The summed E-state index contributed by atoms with van der Waals surface area (Å²) in [6.45, 7) is -0.804. The number of ether oxygens (including phenoxy) is 1. The van der Waals surface area contributed by atoms with E-state index in [-0.39, 0.29) is 22.7 Å². The first-order valence-corrected chi connectivity index (χ1v) is 7.07. The highest BCUT2D eigenvalue weighted by Gasteiger charge is 2.13. The highest BCUT2D eigenvalue weighted by atomic mass is 35.5. The second kappa shape index (κ2) is 7.83. The highest BCUT2D eigenvalue weighted by Crippen LogP contribution is 2.16. The predicted molar refractivity (Wildman–Crippen MR) is 79.9 cm³/mol. The number of halogens is 4. The zero-order valence-corrected chi connectivity index (χ0v) is 12.9. The maximum atomic E-state index is 13.4. The summed E-state index contributed by atoms with van der Waals surface area (Å²) in [5.41, 5.74) is 0.0696. The lowest BCUT2D eigenvalue weighted by atomic mass is 10.2. The quantitative estimate of drug-likeness (QED) is 0.836. The van der Waals surface area contributed by atoms with Gasteiger partial charge in [-0.15, -0.1) is 0 Å². The van der Waals surface area contributed by atoms with Crippen LogP contribution in [0.3, 0.4) is 0 Å². The van der Waals surface area contributed by atoms with Crippen molar-refractivity contribution in [3.63, 3.8) is 0 Å². The maximum Gasteiger partial charge on any atom is 0.338 e. The summed E-state index contributed by atoms with van der Waals surface area (Å²) in [4.78, 5) is 23.3. The number of nitrogens with one attached hydrogen (secondary N) is 1. The molecule has 0 unspecified atom stereocenters. The third kappa shape index (κ3) is 4.73. The molecule has 24 heavy (non-hydrogen) atoms. The molecule has 1 N–H and O–H groups in total. The number of esters is 1. The van der Waals surface area contributed by atoms with Gasteiger partial charge in [0, 0.05) is 18.2 Å². The second-order valence-electron chi connectivity index (χ2n) is 4.72. The van der Waals surface area contributed by atoms with Gasteiger partial charge >= 0.3 is 5.97 Å². The number of amides is 1. The van der Waals surface area contributed by atoms with Gasteiger partial charge in [-0.1, -0.05) is 17.7 Å². The SMILES string of the molecule is O=C(COC(=O)c1ccc(F)c(Cl)c1)NCc1ccc(F)cc1F. The molecule has 0 aromatic heterocycles. The Kier molecular flexibility index (Phi) is 5.81. The summed E-state index contributed by atoms with van der Waals surface area (Å²) in [5, 5.41) is 2.07. The summed E-state index contributed by atoms with van der Waals surface area (Å²) in [6.07, 6.45) is 0. The van der Waals surface area contributed by atoms with E-state index < -0.39 is 35.9 Å². The molecule has 0 bridgehead atoms. The number of rotatable bonds is 5. The Morgan fingerprint density at radius 1 is 1.04 bits per heavy atom. The van der Waals surface area contributed by atoms with Crippen molar-refractivity contribution < 1.29 is 27.5 Å². The summed E-state index contributed by atoms with van der Waals surface area (Å²) < 4.78 is 43.9. The minimum atomic E-state index is -0.861. The van der Waals surface area contributed by atoms with Crippen LogP contribution in [-0.4, -0.2) is 18.5 Å². The Balaban J connectivity index is 1.84. The number of carbonyl (C=O) groups excluding carboxylic acids is 2. The van der Waals surface area contributed by atoms with Crippen molar-refractivity contribution in [2.24, 2.45) is 0 Å². The monoisotopic (exact) mass is 357 g/mol. The molecule has 4 nitrogen and oxygen atoms in total. The molecular weight excluding hydrogens is 347 g/mol. The van der Waals surface area contributed by atoms with Crippen molar-refractivity contribution in [1.29, 1.82) is 0 Å². The molecule has 1 amide bonds. The average molecular weight is 358 g/mol. The van der Waals surface area contributed by atoms with E-state index in [0.29, 0.717) is 6.07 Å². The first kappa shape index (κ1) is 17.8. The van der Waals surface area contributed by atoms with Crippen molar-refractivity contribution in [3.8, 4) is 0 Å². The number of benzene rings is 2. The van der Waals surface area contributed by atoms with Gasteiger partial charge in [-0.3, -0.25) is 4.79 Å². The molecule has 0 heterocycles. The van der Waals surface area contributed by atoms with Crippen molar-refractivity contribution >= 4 is 23.5 Å². The minimum absolute atomic E-state index is 0.0150. The van der Waals surface area contributed by atoms with Crippen molar-refractivity contribution in [2.75, 3.05) is 6.61 Å². The molecule has 0 fully saturated rings. The van der Waals surface area contributed by atoms with E-state index in [2.05, 4.69) is 5.32 Å². The maximum absolute atomic E-state index is 13.4. The molecule has 0 aliphatic carbocycles. The van der Waals surface area contributed by atoms with Crippen LogP contribution < -0.4 is 5.32 Å². The van der Waals surface area contributed by atoms with Gasteiger partial charge in [-0.05, 0) is 24.3 Å². The van der Waals surface area contributed by atoms with Gasteiger partial charge in [0.25, 0.3) is 5.91 Å². The fourth-order valence-corrected chi connectivity index (χ4v) is 1.93. The Bertz CT molecular complexity index is 783. The van der Waals surface area contributed by atoms with Gasteiger partial charge in [0.2, 0.25) is 0 Å². The molecule has 0 aliphatic rings. The van der Waals surface area contributed by atoms with Crippen LogP contribution in [0.2, 0.25) is 5.02 Å². The van der Waals surface area contributed by atoms with Gasteiger partial charge in [-0.2, -0.15) is 0 Å². The molecule has 0 saturated heterocycles. The molecule has 2 rings (SSSR count). The van der Waals surface area contributed by atoms with Gasteiger partial charge in [0.05, 0.1) is 10.6 Å². The first-order valence-electron chi connectivity index (χ1n) is 6.69. The summed E-state index contributed by atoms with van der Waals surface area (Å²) in [6, 6.07) is 6.18. The Hall–Kier alpha value is -2.54. The third-order valence-electron chi connectivity index (χ3n) is 2.98. The summed E-state index contributed by atoms with van der Waals surface area (Å²) in [5.74, 6) is -3.75. The van der Waals surface area contributed by atoms with Gasteiger partial charge in [0.1, 0.15) is 17.5 Å². The normalized spacial score (nSPS) is 10.3. The van der Waals surface area contributed by atoms with Crippen molar-refractivity contribution in [1.82, 2.24) is 5.32 Å². The lowest BCUT2D eigenvalue weighted by molar-refractivity contribution is -0.124. The molecule has 0 aliphatic heterocycles. The van der Waals surface area contributed by atoms with Crippen LogP contribution in [0.5, 0.6) is 0 Å². The van der Waals surface area contributed by atoms with Crippen LogP contribution in [0, 0.1) is 17.5 Å². The van der Waals surface area contributed by atoms with Crippen LogP contribution in [-0.2, 0) is 16.1 Å². The lowest BCUT2D eigenvalue weighted by Crippen LogP contribution is -2.28. The van der Waals surface area contributed by atoms with Crippen LogP contribution in [0.4, 0.5) is 13.2 Å². The average Bonchev–Trinajstić information content (AvgIpc) is 2.54. The predicted octanol–water partition coefficient (Wildman–Crippen LogP) is 3.23. The van der Waals surface area contributed by atoms with E-state index in [1.54, 1.807) is 0 Å². The molecule has 0 atom stereocenters. The van der Waals surface area contributed by atoms with E-state index >= 15 is 0 Å². The van der Waals surface area contributed by atoms with Gasteiger partial charge < -0.3 is 10.1 Å². The molecular formula is C16H11ClF3NO3. The van der Waals surface area contributed by atoms with E-state index in [1.807, 2.05) is 0 Å². The summed E-state index contributed by atoms with van der Waals surface area (Å²) in [7, 11) is 0. The van der Waals surface area contributed by atoms with Crippen LogP contribution in [0.1, 0.15) is 15.9 Å². The van der Waals surface area contributed by atoms with Gasteiger partial charge in [0.15, 0.2) is 6.61 Å². The Morgan fingerprint density at radius 2 is 1.79 bits per heavy atom. The Morgan fingerprint density at radius 3 is 2.46 bits per heavy atom. The Labute approximate surface area is 140 Å². The fourth-order valence-electron chi connectivity index (χ4n) is 1.75. The lowest BCUT2D eigenvalue weighted by Gasteiger charge is -2.08. The van der Waals surface area contributed by atoms with E-state index in [1.165, 1.54) is 6.07 Å². The third-order valence-corrected chi connectivity index (χ3v) is 3.27. The highest BCUT2D eigenvalue weighted by molar-refractivity contribution is 6.31. The number of hydrogen-bond donors (Lipinski definition) is 1. The smallest absolute Gasteiger partial charge is 0.338 e. The van der Waals surface area contributed by atoms with Crippen LogP contribution in [0.15, 0.2) is 36.4 Å². The van der Waals surface area contributed by atoms with Crippen molar-refractivity contribution in [3.05, 3.63) is 70.0 Å². The summed E-state index contributed by atoms with van der Waals surface area (Å²) >= 11 is 5.54. The first-order chi connectivity index (χ1) is 11.4. The van der Waals surface area contributed by atoms with E-state index in [9.17, 15) is 22.8 Å². The molecule has 2 aromatic carbocycles. The number of hydrogen-bond acceptors (Lipinski definition) is 3. The van der Waals surface area contributed by atoms with Gasteiger partial charge in [-0.25, -0.2) is 18.0 Å². The van der Waals surface area contributed by atoms with Crippen LogP contribution >= 0.6 is 11.6 Å². The van der Waals surface area contributed by atoms with E-state index in [4.69, 9.17) is 16.3 Å². The molecule has 0 saturated carbocycles. The fraction of sp³-hybridized carbons (Fsp3) is 0.125. The molecule has 8 heteroatoms. The molecule has 2 aromatic rings. The zero-order valence-electron chi connectivity index (χ0n) is 12.1. The van der Waals surface area contributed by atoms with Crippen LogP contribution in [0.25, 0.3) is 0 Å².